The van der Waals surface area contributed by atoms with Gasteiger partial charge < -0.3 is 14.6 Å². The van der Waals surface area contributed by atoms with E-state index in [1.54, 1.807) is 18.2 Å². The highest BCUT2D eigenvalue weighted by molar-refractivity contribution is 5.89. The molecule has 4 nitrogen and oxygen atoms in total. The highest BCUT2D eigenvalue weighted by Gasteiger charge is 2.12. The Hall–Kier alpha value is -1.55. The highest BCUT2D eigenvalue weighted by Crippen LogP contribution is 2.18. The Morgan fingerprint density at radius 3 is 2.69 bits per heavy atom. The lowest BCUT2D eigenvalue weighted by atomic mass is 10.2. The molecule has 2 rings (SSSR count). The average Bonchev–Trinajstić information content (AvgIpc) is 2.79. The number of benzene rings is 1. The van der Waals surface area contributed by atoms with Crippen LogP contribution in [-0.2, 0) is 0 Å². The second kappa shape index (κ2) is 4.99. The zero-order valence-corrected chi connectivity index (χ0v) is 9.02. The minimum absolute atomic E-state index is 0.113. The first kappa shape index (κ1) is 11.0. The van der Waals surface area contributed by atoms with Gasteiger partial charge in [-0.15, -0.1) is 0 Å². The molecule has 0 N–H and O–H groups in total. The topological polar surface area (TPSA) is 52.6 Å². The van der Waals surface area contributed by atoms with E-state index in [-0.39, 0.29) is 5.56 Å². The van der Waals surface area contributed by atoms with Gasteiger partial charge in [0.05, 0.1) is 5.97 Å². The second-order valence-electron chi connectivity index (χ2n) is 3.88. The lowest BCUT2D eigenvalue weighted by molar-refractivity contribution is -0.255. The standard InChI is InChI=1S/C12H15NO3/c14-12(15)10-5-1-2-6-11(10)16-9-13-7-3-4-8-13/h1-2,5-6H,3-4,7-9H2,(H,14,15)/p-1. The maximum absolute atomic E-state index is 10.8. The smallest absolute Gasteiger partial charge is 0.142 e. The van der Waals surface area contributed by atoms with E-state index in [1.165, 1.54) is 18.9 Å². The van der Waals surface area contributed by atoms with Crippen LogP contribution >= 0.6 is 0 Å². The first-order valence-electron chi connectivity index (χ1n) is 5.43. The van der Waals surface area contributed by atoms with E-state index in [4.69, 9.17) is 4.74 Å². The van der Waals surface area contributed by atoms with E-state index in [2.05, 4.69) is 4.90 Å². The van der Waals surface area contributed by atoms with Crippen molar-refractivity contribution in [2.75, 3.05) is 19.8 Å². The number of para-hydroxylation sites is 1. The molecule has 86 valence electrons. The molecule has 1 heterocycles. The van der Waals surface area contributed by atoms with Gasteiger partial charge in [0, 0.05) is 18.7 Å². The zero-order valence-electron chi connectivity index (χ0n) is 9.02. The predicted molar refractivity (Wildman–Crippen MR) is 57.1 cm³/mol. The lowest BCUT2D eigenvalue weighted by Crippen LogP contribution is -2.27. The molecule has 0 aliphatic carbocycles. The van der Waals surface area contributed by atoms with Gasteiger partial charge in [0.15, 0.2) is 0 Å². The summed E-state index contributed by atoms with van der Waals surface area (Å²) in [4.78, 5) is 13.0. The third kappa shape index (κ3) is 2.52. The molecule has 0 spiro atoms. The van der Waals surface area contributed by atoms with Gasteiger partial charge >= 0.3 is 0 Å². The summed E-state index contributed by atoms with van der Waals surface area (Å²) in [7, 11) is 0. The van der Waals surface area contributed by atoms with Gasteiger partial charge in [0.2, 0.25) is 0 Å². The lowest BCUT2D eigenvalue weighted by Gasteiger charge is -2.17. The molecular formula is C12H14NO3-. The van der Waals surface area contributed by atoms with Crippen LogP contribution < -0.4 is 9.84 Å². The number of aromatic carboxylic acids is 1. The van der Waals surface area contributed by atoms with Crippen molar-refractivity contribution in [3.8, 4) is 5.75 Å². The minimum atomic E-state index is -1.20. The summed E-state index contributed by atoms with van der Waals surface area (Å²) in [6.45, 7) is 2.49. The molecule has 1 aromatic carbocycles. The summed E-state index contributed by atoms with van der Waals surface area (Å²) in [5, 5.41) is 10.8. The molecule has 0 amide bonds. The van der Waals surface area contributed by atoms with Crippen LogP contribution in [0.15, 0.2) is 24.3 Å². The zero-order chi connectivity index (χ0) is 11.4. The number of carbonyl (C=O) groups excluding carboxylic acids is 1. The van der Waals surface area contributed by atoms with Crippen LogP contribution in [0, 0.1) is 0 Å². The van der Waals surface area contributed by atoms with Crippen molar-refractivity contribution >= 4 is 5.97 Å². The fourth-order valence-electron chi connectivity index (χ4n) is 1.83. The first-order valence-corrected chi connectivity index (χ1v) is 5.43. The Labute approximate surface area is 94.4 Å². The van der Waals surface area contributed by atoms with Gasteiger partial charge in [-0.05, 0) is 25.0 Å². The van der Waals surface area contributed by atoms with Crippen LogP contribution in [-0.4, -0.2) is 30.7 Å². The summed E-state index contributed by atoms with van der Waals surface area (Å²) >= 11 is 0. The molecule has 0 radical (unpaired) electrons. The first-order chi connectivity index (χ1) is 7.77. The maximum Gasteiger partial charge on any atom is 0.142 e. The predicted octanol–water partition coefficient (Wildman–Crippen LogP) is 0.482. The van der Waals surface area contributed by atoms with Crippen molar-refractivity contribution in [2.45, 2.75) is 12.8 Å². The fourth-order valence-corrected chi connectivity index (χ4v) is 1.83. The van der Waals surface area contributed by atoms with Crippen molar-refractivity contribution in [3.63, 3.8) is 0 Å². The van der Waals surface area contributed by atoms with Crippen LogP contribution in [0.3, 0.4) is 0 Å². The number of hydrogen-bond acceptors (Lipinski definition) is 4. The van der Waals surface area contributed by atoms with E-state index < -0.39 is 5.97 Å². The summed E-state index contributed by atoms with van der Waals surface area (Å²) in [6.07, 6.45) is 2.37. The van der Waals surface area contributed by atoms with Crippen molar-refractivity contribution in [3.05, 3.63) is 29.8 Å². The van der Waals surface area contributed by atoms with E-state index in [0.717, 1.165) is 13.1 Å². The monoisotopic (exact) mass is 220 g/mol. The van der Waals surface area contributed by atoms with Crippen molar-refractivity contribution in [1.29, 1.82) is 0 Å². The average molecular weight is 220 g/mol. The van der Waals surface area contributed by atoms with Crippen molar-refractivity contribution < 1.29 is 14.6 Å². The quantitative estimate of drug-likeness (QED) is 0.740. The molecule has 0 unspecified atom stereocenters. The van der Waals surface area contributed by atoms with Crippen molar-refractivity contribution in [2.24, 2.45) is 0 Å². The number of carboxylic acids is 1. The number of hydrogen-bond donors (Lipinski definition) is 0. The Balaban J connectivity index is 2.00. The molecule has 1 aliphatic rings. The number of rotatable bonds is 4. The van der Waals surface area contributed by atoms with Gasteiger partial charge in [-0.3, -0.25) is 4.90 Å². The number of nitrogens with zero attached hydrogens (tertiary/aromatic N) is 1. The van der Waals surface area contributed by atoms with E-state index in [1.807, 2.05) is 0 Å². The molecule has 1 fully saturated rings. The molecule has 16 heavy (non-hydrogen) atoms. The molecule has 4 heteroatoms. The van der Waals surface area contributed by atoms with E-state index in [9.17, 15) is 9.90 Å². The van der Waals surface area contributed by atoms with Crippen LogP contribution in [0.25, 0.3) is 0 Å². The summed E-state index contributed by atoms with van der Waals surface area (Å²) in [6, 6.07) is 6.56. The SMILES string of the molecule is O=C([O-])c1ccccc1OCN1CCCC1. The van der Waals surface area contributed by atoms with E-state index in [0.29, 0.717) is 12.5 Å². The minimum Gasteiger partial charge on any atom is -0.545 e. The van der Waals surface area contributed by atoms with Crippen LogP contribution in [0.5, 0.6) is 5.75 Å². The van der Waals surface area contributed by atoms with Gasteiger partial charge in [-0.25, -0.2) is 0 Å². The fraction of sp³-hybridized carbons (Fsp3) is 0.417. The highest BCUT2D eigenvalue weighted by atomic mass is 16.5. The number of likely N-dealkylation sites (tertiary alicyclic amines) is 1. The molecule has 0 saturated carbocycles. The van der Waals surface area contributed by atoms with Crippen molar-refractivity contribution in [1.82, 2.24) is 4.90 Å². The number of carboxylic acid groups (broad SMARTS) is 1. The second-order valence-corrected chi connectivity index (χ2v) is 3.88. The molecular weight excluding hydrogens is 206 g/mol. The molecule has 1 saturated heterocycles. The van der Waals surface area contributed by atoms with Crippen LogP contribution in [0.4, 0.5) is 0 Å². The summed E-state index contributed by atoms with van der Waals surface area (Å²) in [5.74, 6) is -0.813. The Morgan fingerprint density at radius 2 is 2.00 bits per heavy atom. The van der Waals surface area contributed by atoms with Gasteiger partial charge in [-0.1, -0.05) is 12.1 Å². The normalized spacial score (nSPS) is 16.2. The summed E-state index contributed by atoms with van der Waals surface area (Å²) < 4.78 is 5.49. The van der Waals surface area contributed by atoms with Gasteiger partial charge in [-0.2, -0.15) is 0 Å². The van der Waals surface area contributed by atoms with Gasteiger partial charge in [0.25, 0.3) is 0 Å². The Bertz CT molecular complexity index is 372. The molecule has 0 aromatic heterocycles. The van der Waals surface area contributed by atoms with Gasteiger partial charge in [0.1, 0.15) is 12.5 Å². The molecule has 0 bridgehead atoms. The molecule has 0 atom stereocenters. The maximum atomic E-state index is 10.8. The van der Waals surface area contributed by atoms with E-state index >= 15 is 0 Å². The summed E-state index contributed by atoms with van der Waals surface area (Å²) in [5.41, 5.74) is 0.113. The van der Waals surface area contributed by atoms with Crippen LogP contribution in [0.1, 0.15) is 23.2 Å². The third-order valence-electron chi connectivity index (χ3n) is 2.71. The molecule has 1 aromatic rings. The number of ether oxygens (including phenoxy) is 1. The Morgan fingerprint density at radius 1 is 1.31 bits per heavy atom. The number of carbonyl (C=O) groups is 1. The third-order valence-corrected chi connectivity index (χ3v) is 2.71. The Kier molecular flexibility index (Phi) is 3.41. The van der Waals surface area contributed by atoms with Crippen LogP contribution in [0.2, 0.25) is 0 Å². The molecule has 1 aliphatic heterocycles. The largest absolute Gasteiger partial charge is 0.545 e.